The Hall–Kier alpha value is -2.86. The van der Waals surface area contributed by atoms with Crippen LogP contribution in [0.25, 0.3) is 0 Å². The number of carbonyl (C=O) groups excluding carboxylic acids is 1. The minimum absolute atomic E-state index is 0.0389. The number of hydrogen-bond donors (Lipinski definition) is 1. The maximum Gasteiger partial charge on any atom is 0.269 e. The zero-order chi connectivity index (χ0) is 18.4. The molecule has 0 bridgehead atoms. The molecule has 2 rings (SSSR count). The number of halogens is 1. The van der Waals surface area contributed by atoms with Gasteiger partial charge >= 0.3 is 0 Å². The van der Waals surface area contributed by atoms with Crippen LogP contribution in [0.3, 0.4) is 0 Å². The van der Waals surface area contributed by atoms with Crippen molar-refractivity contribution in [1.82, 2.24) is 0 Å². The first-order chi connectivity index (χ1) is 11.9. The molecule has 1 N–H and O–H groups in total. The van der Waals surface area contributed by atoms with Crippen LogP contribution in [0.4, 0.5) is 11.4 Å². The number of aryl methyl sites for hydroxylation is 1. The molecule has 0 aromatic heterocycles. The average molecular weight is 361 g/mol. The maximum absolute atomic E-state index is 12.0. The molecule has 0 saturated carbocycles. The molecule has 7 heteroatoms. The Kier molecular flexibility index (Phi) is 6.14. The minimum Gasteiger partial charge on any atom is -0.483 e. The molecule has 0 aliphatic heterocycles. The number of hydrogen-bond acceptors (Lipinski definition) is 4. The molecule has 25 heavy (non-hydrogen) atoms. The van der Waals surface area contributed by atoms with Gasteiger partial charge in [0.2, 0.25) is 0 Å². The SMILES string of the molecule is C=CCc1cc([N+](=O)[O-])ccc1OCC(=O)Nc1ccc(C)c(Cl)c1. The van der Waals surface area contributed by atoms with Crippen molar-refractivity contribution in [3.8, 4) is 5.75 Å². The second-order valence-corrected chi connectivity index (χ2v) is 5.75. The number of benzene rings is 2. The molecule has 0 atom stereocenters. The fourth-order valence-electron chi connectivity index (χ4n) is 2.15. The van der Waals surface area contributed by atoms with Gasteiger partial charge in [-0.25, -0.2) is 0 Å². The van der Waals surface area contributed by atoms with Crippen LogP contribution in [0.5, 0.6) is 5.75 Å². The van der Waals surface area contributed by atoms with Crippen LogP contribution in [0, 0.1) is 17.0 Å². The third-order valence-corrected chi connectivity index (χ3v) is 3.84. The number of nitro groups is 1. The van der Waals surface area contributed by atoms with Crippen molar-refractivity contribution in [2.24, 2.45) is 0 Å². The number of nitro benzene ring substituents is 1. The second-order valence-electron chi connectivity index (χ2n) is 5.34. The van der Waals surface area contributed by atoms with Gasteiger partial charge in [-0.05, 0) is 37.1 Å². The van der Waals surface area contributed by atoms with Crippen molar-refractivity contribution in [2.75, 3.05) is 11.9 Å². The molecule has 0 radical (unpaired) electrons. The number of anilines is 1. The number of ether oxygens (including phenoxy) is 1. The quantitative estimate of drug-likeness (QED) is 0.453. The molecule has 0 saturated heterocycles. The van der Waals surface area contributed by atoms with Gasteiger partial charge in [0.1, 0.15) is 5.75 Å². The molecule has 0 heterocycles. The number of carbonyl (C=O) groups is 1. The van der Waals surface area contributed by atoms with Gasteiger partial charge in [-0.2, -0.15) is 0 Å². The fraction of sp³-hybridized carbons (Fsp3) is 0.167. The van der Waals surface area contributed by atoms with Crippen LogP contribution in [0.1, 0.15) is 11.1 Å². The third kappa shape index (κ3) is 5.06. The Morgan fingerprint density at radius 2 is 2.12 bits per heavy atom. The van der Waals surface area contributed by atoms with E-state index in [1.807, 2.05) is 6.92 Å². The van der Waals surface area contributed by atoms with Gasteiger partial charge in [0.15, 0.2) is 6.61 Å². The number of amides is 1. The molecule has 0 unspecified atom stereocenters. The standard InChI is InChI=1S/C18H17ClN2O4/c1-3-4-13-9-15(21(23)24)7-8-17(13)25-11-18(22)20-14-6-5-12(2)16(19)10-14/h3,5-10H,1,4,11H2,2H3,(H,20,22). The van der Waals surface area contributed by atoms with E-state index in [2.05, 4.69) is 11.9 Å². The summed E-state index contributed by atoms with van der Waals surface area (Å²) < 4.78 is 5.50. The smallest absolute Gasteiger partial charge is 0.269 e. The second kappa shape index (κ2) is 8.30. The summed E-state index contributed by atoms with van der Waals surface area (Å²) in [5.74, 6) is 0.0467. The largest absolute Gasteiger partial charge is 0.483 e. The van der Waals surface area contributed by atoms with Crippen LogP contribution in [0.2, 0.25) is 5.02 Å². The Morgan fingerprint density at radius 1 is 1.36 bits per heavy atom. The van der Waals surface area contributed by atoms with E-state index in [-0.39, 0.29) is 18.2 Å². The van der Waals surface area contributed by atoms with Gasteiger partial charge in [0, 0.05) is 28.4 Å². The number of rotatable bonds is 7. The van der Waals surface area contributed by atoms with Crippen LogP contribution in [0.15, 0.2) is 49.1 Å². The summed E-state index contributed by atoms with van der Waals surface area (Å²) in [4.78, 5) is 22.4. The monoisotopic (exact) mass is 360 g/mol. The molecule has 6 nitrogen and oxygen atoms in total. The first kappa shape index (κ1) is 18.5. The molecule has 0 aliphatic carbocycles. The molecule has 0 aliphatic rings. The van der Waals surface area contributed by atoms with E-state index < -0.39 is 4.92 Å². The zero-order valence-electron chi connectivity index (χ0n) is 13.6. The van der Waals surface area contributed by atoms with Gasteiger partial charge < -0.3 is 10.1 Å². The van der Waals surface area contributed by atoms with E-state index in [4.69, 9.17) is 16.3 Å². The number of allylic oxidation sites excluding steroid dienone is 1. The highest BCUT2D eigenvalue weighted by Crippen LogP contribution is 2.25. The van der Waals surface area contributed by atoms with E-state index in [9.17, 15) is 14.9 Å². The van der Waals surface area contributed by atoms with Crippen molar-refractivity contribution in [3.05, 3.63) is 75.3 Å². The van der Waals surface area contributed by atoms with Crippen LogP contribution >= 0.6 is 11.6 Å². The van der Waals surface area contributed by atoms with Crippen molar-refractivity contribution in [1.29, 1.82) is 0 Å². The number of nitrogens with zero attached hydrogens (tertiary/aromatic N) is 1. The average Bonchev–Trinajstić information content (AvgIpc) is 2.57. The lowest BCUT2D eigenvalue weighted by Gasteiger charge is -2.11. The van der Waals surface area contributed by atoms with E-state index in [0.717, 1.165) is 5.56 Å². The summed E-state index contributed by atoms with van der Waals surface area (Å²) in [5, 5.41) is 14.1. The molecule has 0 spiro atoms. The maximum atomic E-state index is 12.0. The van der Waals surface area contributed by atoms with E-state index in [1.54, 1.807) is 24.3 Å². The summed E-state index contributed by atoms with van der Waals surface area (Å²) in [6.45, 7) is 5.26. The molecule has 0 fully saturated rings. The van der Waals surface area contributed by atoms with Gasteiger partial charge in [-0.3, -0.25) is 14.9 Å². The molecule has 2 aromatic carbocycles. The molecule has 130 valence electrons. The molecular weight excluding hydrogens is 344 g/mol. The Balaban J connectivity index is 2.04. The van der Waals surface area contributed by atoms with Gasteiger partial charge in [0.25, 0.3) is 11.6 Å². The van der Waals surface area contributed by atoms with Gasteiger partial charge in [0.05, 0.1) is 4.92 Å². The predicted octanol–water partition coefficient (Wildman–Crippen LogP) is 4.30. The van der Waals surface area contributed by atoms with Crippen molar-refractivity contribution < 1.29 is 14.5 Å². The summed E-state index contributed by atoms with van der Waals surface area (Å²) in [6.07, 6.45) is 2.01. The molecular formula is C18H17ClN2O4. The van der Waals surface area contributed by atoms with E-state index in [1.165, 1.54) is 18.2 Å². The van der Waals surface area contributed by atoms with Crippen LogP contribution in [-0.4, -0.2) is 17.4 Å². The summed E-state index contributed by atoms with van der Waals surface area (Å²) in [5.41, 5.74) is 2.04. The first-order valence-corrected chi connectivity index (χ1v) is 7.85. The topological polar surface area (TPSA) is 81.5 Å². The Morgan fingerprint density at radius 3 is 2.76 bits per heavy atom. The first-order valence-electron chi connectivity index (χ1n) is 7.47. The van der Waals surface area contributed by atoms with Gasteiger partial charge in [-0.1, -0.05) is 23.7 Å². The summed E-state index contributed by atoms with van der Waals surface area (Å²) in [6, 6.07) is 9.43. The lowest BCUT2D eigenvalue weighted by atomic mass is 10.1. The zero-order valence-corrected chi connectivity index (χ0v) is 14.4. The highest BCUT2D eigenvalue weighted by molar-refractivity contribution is 6.31. The highest BCUT2D eigenvalue weighted by atomic mass is 35.5. The molecule has 2 aromatic rings. The highest BCUT2D eigenvalue weighted by Gasteiger charge is 2.12. The summed E-state index contributed by atoms with van der Waals surface area (Å²) >= 11 is 6.02. The van der Waals surface area contributed by atoms with Crippen LogP contribution in [-0.2, 0) is 11.2 Å². The lowest BCUT2D eigenvalue weighted by Crippen LogP contribution is -2.20. The number of nitrogens with one attached hydrogen (secondary N) is 1. The van der Waals surface area contributed by atoms with Crippen molar-refractivity contribution in [3.63, 3.8) is 0 Å². The lowest BCUT2D eigenvalue weighted by molar-refractivity contribution is -0.384. The summed E-state index contributed by atoms with van der Waals surface area (Å²) in [7, 11) is 0. The normalized spacial score (nSPS) is 10.2. The van der Waals surface area contributed by atoms with E-state index in [0.29, 0.717) is 28.4 Å². The minimum atomic E-state index is -0.482. The predicted molar refractivity (Wildman–Crippen MR) is 97.3 cm³/mol. The van der Waals surface area contributed by atoms with Gasteiger partial charge in [-0.15, -0.1) is 6.58 Å². The van der Waals surface area contributed by atoms with Crippen LogP contribution < -0.4 is 10.1 Å². The Labute approximate surface area is 150 Å². The molecule has 1 amide bonds. The van der Waals surface area contributed by atoms with Crippen molar-refractivity contribution >= 4 is 28.9 Å². The van der Waals surface area contributed by atoms with Crippen molar-refractivity contribution in [2.45, 2.75) is 13.3 Å². The third-order valence-electron chi connectivity index (χ3n) is 3.43. The fourth-order valence-corrected chi connectivity index (χ4v) is 2.33. The van der Waals surface area contributed by atoms with E-state index >= 15 is 0 Å². The Bertz CT molecular complexity index is 821. The number of non-ortho nitro benzene ring substituents is 1.